The van der Waals surface area contributed by atoms with E-state index in [4.69, 9.17) is 4.74 Å². The molecular weight excluding hydrogens is 354 g/mol. The Morgan fingerprint density at radius 2 is 1.45 bits per heavy atom. The predicted molar refractivity (Wildman–Crippen MR) is 122 cm³/mol. The zero-order valence-electron chi connectivity index (χ0n) is 17.1. The summed E-state index contributed by atoms with van der Waals surface area (Å²) in [6.45, 7) is 5.54. The normalized spacial score (nSPS) is 14.8. The van der Waals surface area contributed by atoms with Crippen LogP contribution in [0.25, 0.3) is 21.9 Å². The second kappa shape index (κ2) is 6.66. The van der Waals surface area contributed by atoms with Crippen molar-refractivity contribution < 1.29 is 4.74 Å². The van der Waals surface area contributed by atoms with Crippen LogP contribution in [0.2, 0.25) is 0 Å². The van der Waals surface area contributed by atoms with Crippen molar-refractivity contribution in [3.8, 4) is 16.9 Å². The number of nitrogens with zero attached hydrogens (tertiary/aromatic N) is 1. The quantitative estimate of drug-likeness (QED) is 0.382. The van der Waals surface area contributed by atoms with E-state index in [9.17, 15) is 0 Å². The third kappa shape index (κ3) is 2.87. The molecule has 0 amide bonds. The molecule has 0 aliphatic carbocycles. The second-order valence-electron chi connectivity index (χ2n) is 8.41. The first kappa shape index (κ1) is 17.8. The fourth-order valence-electron chi connectivity index (χ4n) is 4.64. The average molecular weight is 380 g/mol. The largest absolute Gasteiger partial charge is 0.496 e. The highest BCUT2D eigenvalue weighted by atomic mass is 16.5. The van der Waals surface area contributed by atoms with Crippen LogP contribution in [0.4, 0.5) is 11.4 Å². The summed E-state index contributed by atoms with van der Waals surface area (Å²) in [6, 6.07) is 30.2. The molecule has 4 aromatic carbocycles. The Hall–Kier alpha value is -3.26. The van der Waals surface area contributed by atoms with E-state index in [1.165, 1.54) is 38.8 Å². The lowest BCUT2D eigenvalue weighted by molar-refractivity contribution is 0.400. The molecule has 4 aromatic rings. The first-order valence-corrected chi connectivity index (χ1v) is 10.1. The first-order chi connectivity index (χ1) is 14.1. The predicted octanol–water partition coefficient (Wildman–Crippen LogP) is 6.94. The van der Waals surface area contributed by atoms with Crippen LogP contribution in [0.5, 0.6) is 5.75 Å². The molecule has 2 nitrogen and oxygen atoms in total. The maximum absolute atomic E-state index is 5.84. The van der Waals surface area contributed by atoms with Crippen LogP contribution < -0.4 is 9.64 Å². The maximum Gasteiger partial charge on any atom is 0.125 e. The van der Waals surface area contributed by atoms with Gasteiger partial charge >= 0.3 is 0 Å². The van der Waals surface area contributed by atoms with Crippen LogP contribution >= 0.6 is 0 Å². The molecule has 0 spiro atoms. The summed E-state index contributed by atoms with van der Waals surface area (Å²) in [7, 11) is 1.78. The van der Waals surface area contributed by atoms with E-state index in [2.05, 4.69) is 104 Å². The molecule has 0 unspecified atom stereocenters. The van der Waals surface area contributed by atoms with Gasteiger partial charge in [-0.15, -0.1) is 0 Å². The van der Waals surface area contributed by atoms with Crippen molar-refractivity contribution >= 4 is 22.1 Å². The summed E-state index contributed by atoms with van der Waals surface area (Å²) in [5, 5.41) is 2.49. The Kier molecular flexibility index (Phi) is 4.09. The molecule has 0 N–H and O–H groups in total. The first-order valence-electron chi connectivity index (χ1n) is 10.1. The van der Waals surface area contributed by atoms with Crippen LogP contribution in [0.3, 0.4) is 0 Å². The van der Waals surface area contributed by atoms with Gasteiger partial charge < -0.3 is 9.64 Å². The van der Waals surface area contributed by atoms with Crippen molar-refractivity contribution in [3.63, 3.8) is 0 Å². The van der Waals surface area contributed by atoms with E-state index in [0.29, 0.717) is 0 Å². The Labute approximate surface area is 172 Å². The molecule has 0 bridgehead atoms. The molecular formula is C27H25NO. The molecule has 2 heteroatoms. The van der Waals surface area contributed by atoms with Crippen molar-refractivity contribution in [1.82, 2.24) is 0 Å². The van der Waals surface area contributed by atoms with Gasteiger partial charge in [0.1, 0.15) is 5.75 Å². The van der Waals surface area contributed by atoms with E-state index >= 15 is 0 Å². The van der Waals surface area contributed by atoms with Gasteiger partial charge in [-0.25, -0.2) is 0 Å². The van der Waals surface area contributed by atoms with Gasteiger partial charge in [0.25, 0.3) is 0 Å². The Balaban J connectivity index is 1.67. The summed E-state index contributed by atoms with van der Waals surface area (Å²) < 4.78 is 5.84. The van der Waals surface area contributed by atoms with Gasteiger partial charge in [0.2, 0.25) is 0 Å². The van der Waals surface area contributed by atoms with Gasteiger partial charge in [-0.3, -0.25) is 0 Å². The lowest BCUT2D eigenvalue weighted by Crippen LogP contribution is -2.25. The average Bonchev–Trinajstić information content (AvgIpc) is 3.06. The highest BCUT2D eigenvalue weighted by Gasteiger charge is 2.39. The topological polar surface area (TPSA) is 12.5 Å². The zero-order valence-corrected chi connectivity index (χ0v) is 17.1. The van der Waals surface area contributed by atoms with Gasteiger partial charge in [0.05, 0.1) is 12.8 Å². The minimum Gasteiger partial charge on any atom is -0.496 e. The van der Waals surface area contributed by atoms with Gasteiger partial charge in [-0.2, -0.15) is 0 Å². The molecule has 0 saturated heterocycles. The second-order valence-corrected chi connectivity index (χ2v) is 8.41. The molecule has 29 heavy (non-hydrogen) atoms. The third-order valence-corrected chi connectivity index (χ3v) is 5.99. The standard InChI is InChI=1S/C27H25NO/c1-27(2)18-28(22-15-13-20(14-16-22)19-9-5-4-6-10-19)26-23-12-8-7-11-21(23)17-24(29-3)25(26)27/h4-17H,18H2,1-3H3. The molecule has 1 aliphatic rings. The van der Waals surface area contributed by atoms with Crippen LogP contribution in [-0.2, 0) is 5.41 Å². The van der Waals surface area contributed by atoms with E-state index in [1.807, 2.05) is 0 Å². The zero-order chi connectivity index (χ0) is 20.0. The minimum absolute atomic E-state index is 0.00279. The molecule has 0 saturated carbocycles. The number of rotatable bonds is 3. The third-order valence-electron chi connectivity index (χ3n) is 5.99. The molecule has 1 aliphatic heterocycles. The van der Waals surface area contributed by atoms with Crippen LogP contribution in [0.15, 0.2) is 84.9 Å². The smallest absolute Gasteiger partial charge is 0.125 e. The molecule has 5 rings (SSSR count). The highest BCUT2D eigenvalue weighted by Crippen LogP contribution is 2.52. The maximum atomic E-state index is 5.84. The SMILES string of the molecule is COc1cc2ccccc2c2c1C(C)(C)CN2c1ccc(-c2ccccc2)cc1. The fourth-order valence-corrected chi connectivity index (χ4v) is 4.64. The van der Waals surface area contributed by atoms with Gasteiger partial charge in [0.15, 0.2) is 0 Å². The molecule has 0 aromatic heterocycles. The summed E-state index contributed by atoms with van der Waals surface area (Å²) >= 11 is 0. The fraction of sp³-hybridized carbons (Fsp3) is 0.185. The summed E-state index contributed by atoms with van der Waals surface area (Å²) in [4.78, 5) is 2.45. The number of hydrogen-bond donors (Lipinski definition) is 0. The van der Waals surface area contributed by atoms with Crippen LogP contribution in [0, 0.1) is 0 Å². The van der Waals surface area contributed by atoms with E-state index in [0.717, 1.165) is 12.3 Å². The van der Waals surface area contributed by atoms with E-state index in [-0.39, 0.29) is 5.41 Å². The number of anilines is 2. The van der Waals surface area contributed by atoms with Crippen LogP contribution in [-0.4, -0.2) is 13.7 Å². The lowest BCUT2D eigenvalue weighted by atomic mass is 9.85. The van der Waals surface area contributed by atoms with Crippen molar-refractivity contribution in [2.45, 2.75) is 19.3 Å². The molecule has 1 heterocycles. The number of methoxy groups -OCH3 is 1. The monoisotopic (exact) mass is 379 g/mol. The molecule has 0 atom stereocenters. The van der Waals surface area contributed by atoms with Crippen molar-refractivity contribution in [2.75, 3.05) is 18.6 Å². The number of benzene rings is 4. The van der Waals surface area contributed by atoms with E-state index in [1.54, 1.807) is 7.11 Å². The van der Waals surface area contributed by atoms with Crippen molar-refractivity contribution in [1.29, 1.82) is 0 Å². The van der Waals surface area contributed by atoms with Gasteiger partial charge in [0, 0.05) is 28.6 Å². The Morgan fingerprint density at radius 1 is 0.793 bits per heavy atom. The summed E-state index contributed by atoms with van der Waals surface area (Å²) in [5.74, 6) is 0.979. The van der Waals surface area contributed by atoms with Crippen molar-refractivity contribution in [3.05, 3.63) is 90.5 Å². The Morgan fingerprint density at radius 3 is 2.17 bits per heavy atom. The number of ether oxygens (including phenoxy) is 1. The molecule has 0 radical (unpaired) electrons. The van der Waals surface area contributed by atoms with Gasteiger partial charge in [-0.1, -0.05) is 80.6 Å². The summed E-state index contributed by atoms with van der Waals surface area (Å²) in [6.07, 6.45) is 0. The van der Waals surface area contributed by atoms with Crippen LogP contribution in [0.1, 0.15) is 19.4 Å². The number of fused-ring (bicyclic) bond motifs is 3. The molecule has 144 valence electrons. The summed E-state index contributed by atoms with van der Waals surface area (Å²) in [5.41, 5.74) is 6.28. The Bertz CT molecular complexity index is 1180. The van der Waals surface area contributed by atoms with E-state index < -0.39 is 0 Å². The number of hydrogen-bond acceptors (Lipinski definition) is 2. The lowest BCUT2D eigenvalue weighted by Gasteiger charge is -2.23. The molecule has 0 fully saturated rings. The van der Waals surface area contributed by atoms with Crippen molar-refractivity contribution in [2.24, 2.45) is 0 Å². The van der Waals surface area contributed by atoms with Gasteiger partial charge in [-0.05, 0) is 34.7 Å². The highest BCUT2D eigenvalue weighted by molar-refractivity contribution is 6.01. The minimum atomic E-state index is 0.00279.